The Morgan fingerprint density at radius 1 is 1.31 bits per heavy atom. The molecule has 1 N–H and O–H groups in total. The van der Waals surface area contributed by atoms with Crippen LogP contribution in [-0.2, 0) is 6.18 Å². The molecule has 26 heavy (non-hydrogen) atoms. The standard InChI is InChI=1S/C16H6BrClF3N3OS/c17-8-4-9(14(18)23-6-8)13(25)10(5-22)15-24-11-3-7(16(19,20)21)1-2-12(11)26-15/h1-4,6,25H/b13-10-. The van der Waals surface area contributed by atoms with E-state index in [0.29, 0.717) is 9.17 Å². The number of rotatable bonds is 2. The minimum absolute atomic E-state index is 0.0288. The topological polar surface area (TPSA) is 69.8 Å². The molecule has 0 aliphatic carbocycles. The van der Waals surface area contributed by atoms with Crippen molar-refractivity contribution in [3.8, 4) is 6.07 Å². The third kappa shape index (κ3) is 3.53. The van der Waals surface area contributed by atoms with E-state index in [1.165, 1.54) is 18.3 Å². The molecule has 3 rings (SSSR count). The van der Waals surface area contributed by atoms with Crippen molar-refractivity contribution in [2.24, 2.45) is 0 Å². The second-order valence-corrected chi connectivity index (χ2v) is 7.33. The van der Waals surface area contributed by atoms with Crippen LogP contribution in [0.4, 0.5) is 13.2 Å². The Morgan fingerprint density at radius 3 is 2.69 bits per heavy atom. The van der Waals surface area contributed by atoms with Crippen molar-refractivity contribution < 1.29 is 18.3 Å². The predicted molar refractivity (Wildman–Crippen MR) is 96.6 cm³/mol. The molecule has 3 aromatic rings. The predicted octanol–water partition coefficient (Wildman–Crippen LogP) is 6.08. The number of hydrogen-bond donors (Lipinski definition) is 1. The van der Waals surface area contributed by atoms with Crippen LogP contribution in [-0.4, -0.2) is 15.1 Å². The molecule has 0 aliphatic heterocycles. The summed E-state index contributed by atoms with van der Waals surface area (Å²) in [5.74, 6) is -0.457. The number of fused-ring (bicyclic) bond motifs is 1. The number of benzene rings is 1. The highest BCUT2D eigenvalue weighted by atomic mass is 79.9. The number of allylic oxidation sites excluding steroid dienone is 1. The fourth-order valence-electron chi connectivity index (χ4n) is 2.14. The molecule has 2 heterocycles. The van der Waals surface area contributed by atoms with Crippen LogP contribution in [0.3, 0.4) is 0 Å². The van der Waals surface area contributed by atoms with Crippen LogP contribution in [0.5, 0.6) is 0 Å². The molecule has 0 amide bonds. The van der Waals surface area contributed by atoms with Gasteiger partial charge in [-0.2, -0.15) is 18.4 Å². The van der Waals surface area contributed by atoms with Crippen molar-refractivity contribution >= 4 is 60.4 Å². The lowest BCUT2D eigenvalue weighted by atomic mass is 10.1. The van der Waals surface area contributed by atoms with Crippen LogP contribution >= 0.6 is 38.9 Å². The average molecular weight is 461 g/mol. The number of thiazole rings is 1. The van der Waals surface area contributed by atoms with E-state index >= 15 is 0 Å². The molecule has 10 heteroatoms. The molecule has 0 bridgehead atoms. The molecule has 0 fully saturated rings. The Labute approximate surface area is 162 Å². The first kappa shape index (κ1) is 18.6. The first-order chi connectivity index (χ1) is 12.2. The number of aromatic nitrogens is 2. The highest BCUT2D eigenvalue weighted by molar-refractivity contribution is 9.10. The highest BCUT2D eigenvalue weighted by Crippen LogP contribution is 2.36. The van der Waals surface area contributed by atoms with Crippen molar-refractivity contribution in [2.45, 2.75) is 6.18 Å². The molecule has 132 valence electrons. The number of aliphatic hydroxyl groups excluding tert-OH is 1. The maximum absolute atomic E-state index is 12.8. The van der Waals surface area contributed by atoms with Gasteiger partial charge in [0.2, 0.25) is 0 Å². The van der Waals surface area contributed by atoms with E-state index in [9.17, 15) is 23.5 Å². The Bertz CT molecular complexity index is 1090. The molecular formula is C16H6BrClF3N3OS. The van der Waals surface area contributed by atoms with Gasteiger partial charge in [-0.1, -0.05) is 11.6 Å². The average Bonchev–Trinajstić information content (AvgIpc) is 2.99. The fraction of sp³-hybridized carbons (Fsp3) is 0.0625. The summed E-state index contributed by atoms with van der Waals surface area (Å²) in [5.41, 5.74) is -0.860. The minimum atomic E-state index is -4.50. The van der Waals surface area contributed by atoms with Crippen LogP contribution in [0.15, 0.2) is 34.9 Å². The molecule has 0 radical (unpaired) electrons. The zero-order chi connectivity index (χ0) is 19.1. The van der Waals surface area contributed by atoms with Gasteiger partial charge in [0.25, 0.3) is 0 Å². The number of halogens is 5. The van der Waals surface area contributed by atoms with E-state index in [0.717, 1.165) is 23.5 Å². The zero-order valence-electron chi connectivity index (χ0n) is 12.5. The van der Waals surface area contributed by atoms with Crippen LogP contribution in [0.25, 0.3) is 21.5 Å². The lowest BCUT2D eigenvalue weighted by Crippen LogP contribution is -2.03. The number of nitrogens with zero attached hydrogens (tertiary/aromatic N) is 3. The Morgan fingerprint density at radius 2 is 2.04 bits per heavy atom. The molecule has 1 aromatic carbocycles. The second kappa shape index (κ2) is 6.87. The quantitative estimate of drug-likeness (QED) is 0.286. The van der Waals surface area contributed by atoms with Crippen LogP contribution in [0, 0.1) is 11.3 Å². The van der Waals surface area contributed by atoms with Crippen molar-refractivity contribution in [1.82, 2.24) is 9.97 Å². The van der Waals surface area contributed by atoms with Crippen molar-refractivity contribution in [1.29, 1.82) is 5.26 Å². The van der Waals surface area contributed by atoms with Gasteiger partial charge in [-0.3, -0.25) is 0 Å². The molecule has 0 aliphatic rings. The molecule has 0 saturated heterocycles. The molecule has 0 saturated carbocycles. The van der Waals surface area contributed by atoms with Crippen LogP contribution in [0.2, 0.25) is 5.15 Å². The van der Waals surface area contributed by atoms with Gasteiger partial charge in [-0.15, -0.1) is 11.3 Å². The number of aliphatic hydroxyl groups is 1. The van der Waals surface area contributed by atoms with E-state index in [1.807, 2.05) is 6.07 Å². The molecule has 0 atom stereocenters. The van der Waals surface area contributed by atoms with Gasteiger partial charge in [-0.25, -0.2) is 9.97 Å². The van der Waals surface area contributed by atoms with Crippen LogP contribution < -0.4 is 0 Å². The van der Waals surface area contributed by atoms with Gasteiger partial charge < -0.3 is 5.11 Å². The molecule has 0 unspecified atom stereocenters. The first-order valence-corrected chi connectivity index (χ1v) is 8.82. The molecule has 4 nitrogen and oxygen atoms in total. The first-order valence-electron chi connectivity index (χ1n) is 6.83. The normalized spacial score (nSPS) is 12.8. The molecule has 2 aromatic heterocycles. The monoisotopic (exact) mass is 459 g/mol. The summed E-state index contributed by atoms with van der Waals surface area (Å²) < 4.78 is 39.5. The smallest absolute Gasteiger partial charge is 0.416 e. The summed E-state index contributed by atoms with van der Waals surface area (Å²) in [7, 11) is 0. The lowest BCUT2D eigenvalue weighted by Gasteiger charge is -2.05. The van der Waals surface area contributed by atoms with E-state index in [1.54, 1.807) is 0 Å². The number of pyridine rings is 1. The number of alkyl halides is 3. The zero-order valence-corrected chi connectivity index (χ0v) is 15.6. The van der Waals surface area contributed by atoms with E-state index in [4.69, 9.17) is 11.6 Å². The van der Waals surface area contributed by atoms with Gasteiger partial charge in [0.1, 0.15) is 27.6 Å². The SMILES string of the molecule is N#C/C(=C(/O)c1cc(Br)cnc1Cl)c1nc2cc(C(F)(F)F)ccc2s1. The Hall–Kier alpha value is -2.15. The maximum atomic E-state index is 12.8. The van der Waals surface area contributed by atoms with Gasteiger partial charge in [-0.05, 0) is 40.2 Å². The largest absolute Gasteiger partial charge is 0.506 e. The second-order valence-electron chi connectivity index (χ2n) is 5.03. The summed E-state index contributed by atoms with van der Waals surface area (Å²) in [5, 5.41) is 19.9. The minimum Gasteiger partial charge on any atom is -0.506 e. The van der Waals surface area contributed by atoms with Crippen molar-refractivity contribution in [3.63, 3.8) is 0 Å². The highest BCUT2D eigenvalue weighted by Gasteiger charge is 2.31. The van der Waals surface area contributed by atoms with Gasteiger partial charge in [0.15, 0.2) is 0 Å². The van der Waals surface area contributed by atoms with E-state index in [2.05, 4.69) is 25.9 Å². The lowest BCUT2D eigenvalue weighted by molar-refractivity contribution is -0.137. The molecule has 0 spiro atoms. The van der Waals surface area contributed by atoms with E-state index in [-0.39, 0.29) is 26.8 Å². The summed E-state index contributed by atoms with van der Waals surface area (Å²) >= 11 is 10.1. The number of nitriles is 1. The van der Waals surface area contributed by atoms with Crippen molar-refractivity contribution in [3.05, 3.63) is 56.2 Å². The summed E-state index contributed by atoms with van der Waals surface area (Å²) in [6, 6.07) is 6.41. The van der Waals surface area contributed by atoms with Gasteiger partial charge in [0, 0.05) is 10.7 Å². The van der Waals surface area contributed by atoms with Crippen molar-refractivity contribution in [2.75, 3.05) is 0 Å². The fourth-order valence-corrected chi connectivity index (χ4v) is 3.60. The third-order valence-corrected chi connectivity index (χ3v) is 5.13. The third-order valence-electron chi connectivity index (χ3n) is 3.34. The summed E-state index contributed by atoms with van der Waals surface area (Å²) in [6.45, 7) is 0. The Balaban J connectivity index is 2.16. The Kier molecular flexibility index (Phi) is 4.92. The summed E-state index contributed by atoms with van der Waals surface area (Å²) in [6.07, 6.45) is -3.08. The maximum Gasteiger partial charge on any atom is 0.416 e. The van der Waals surface area contributed by atoms with Crippen LogP contribution in [0.1, 0.15) is 16.1 Å². The molecular weight excluding hydrogens is 455 g/mol. The van der Waals surface area contributed by atoms with E-state index < -0.39 is 17.5 Å². The number of hydrogen-bond acceptors (Lipinski definition) is 5. The summed E-state index contributed by atoms with van der Waals surface area (Å²) in [4.78, 5) is 7.92. The van der Waals surface area contributed by atoms with Gasteiger partial charge in [0.05, 0.1) is 21.3 Å². The van der Waals surface area contributed by atoms with Gasteiger partial charge >= 0.3 is 6.18 Å².